The lowest BCUT2D eigenvalue weighted by Gasteiger charge is -2.14. The zero-order valence-corrected chi connectivity index (χ0v) is 13.8. The quantitative estimate of drug-likeness (QED) is 0.549. The molecule has 0 radical (unpaired) electrons. The van der Waals surface area contributed by atoms with Crippen molar-refractivity contribution in [2.75, 3.05) is 4.90 Å². The molecule has 2 aromatic rings. The molecule has 116 valence electrons. The Morgan fingerprint density at radius 2 is 1.96 bits per heavy atom. The fraction of sp³-hybridized carbons (Fsp3) is 0. The fourth-order valence-corrected chi connectivity index (χ4v) is 3.54. The fourth-order valence-electron chi connectivity index (χ4n) is 2.06. The first-order chi connectivity index (χ1) is 11.0. The molecule has 7 heteroatoms. The zero-order valence-electron chi connectivity index (χ0n) is 11.4. The molecule has 0 N–H and O–H groups in total. The van der Waals surface area contributed by atoms with Crippen molar-refractivity contribution in [3.05, 3.63) is 69.6 Å². The monoisotopic (exact) mass is 367 g/mol. The lowest BCUT2D eigenvalue weighted by molar-refractivity contribution is -0.113. The van der Waals surface area contributed by atoms with Gasteiger partial charge in [-0.3, -0.25) is 9.69 Å². The molecule has 0 aliphatic carbocycles. The van der Waals surface area contributed by atoms with E-state index in [0.29, 0.717) is 20.5 Å². The first kappa shape index (κ1) is 16.1. The molecule has 2 nitrogen and oxygen atoms in total. The van der Waals surface area contributed by atoms with Crippen molar-refractivity contribution < 1.29 is 13.6 Å². The van der Waals surface area contributed by atoms with Gasteiger partial charge in [-0.2, -0.15) is 0 Å². The first-order valence-corrected chi connectivity index (χ1v) is 8.04. The molecule has 1 heterocycles. The van der Waals surface area contributed by atoms with E-state index in [1.807, 2.05) is 0 Å². The second-order valence-electron chi connectivity index (χ2n) is 4.67. The highest BCUT2D eigenvalue weighted by atomic mass is 35.5. The maximum absolute atomic E-state index is 13.3. The number of nitrogens with zero attached hydrogens (tertiary/aromatic N) is 1. The van der Waals surface area contributed by atoms with Gasteiger partial charge in [0.15, 0.2) is 4.32 Å². The minimum Gasteiger partial charge on any atom is -0.268 e. The summed E-state index contributed by atoms with van der Waals surface area (Å²) in [6.45, 7) is 0. The van der Waals surface area contributed by atoms with E-state index < -0.39 is 5.82 Å². The smallest absolute Gasteiger partial charge is 0.268 e. The van der Waals surface area contributed by atoms with Crippen molar-refractivity contribution in [2.45, 2.75) is 0 Å². The summed E-state index contributed by atoms with van der Waals surface area (Å²) < 4.78 is 26.8. The second kappa shape index (κ2) is 6.39. The van der Waals surface area contributed by atoms with Crippen molar-refractivity contribution in [3.8, 4) is 0 Å². The van der Waals surface area contributed by atoms with E-state index in [-0.39, 0.29) is 16.7 Å². The molecular formula is C16H8ClF2NOS2. The maximum atomic E-state index is 13.3. The average Bonchev–Trinajstić information content (AvgIpc) is 2.77. The number of carbonyl (C=O) groups is 1. The predicted octanol–water partition coefficient (Wildman–Crippen LogP) is 5.02. The average molecular weight is 368 g/mol. The van der Waals surface area contributed by atoms with Crippen LogP contribution in [0.1, 0.15) is 5.56 Å². The Labute approximate surface area is 145 Å². The Morgan fingerprint density at radius 3 is 2.65 bits per heavy atom. The van der Waals surface area contributed by atoms with Gasteiger partial charge in [-0.25, -0.2) is 8.78 Å². The molecule has 0 aromatic heterocycles. The third kappa shape index (κ3) is 3.29. The van der Waals surface area contributed by atoms with Gasteiger partial charge in [0.2, 0.25) is 0 Å². The predicted molar refractivity (Wildman–Crippen MR) is 93.5 cm³/mol. The molecule has 0 atom stereocenters. The van der Waals surface area contributed by atoms with Gasteiger partial charge >= 0.3 is 0 Å². The standard InChI is InChI=1S/C16H8ClF2NOS2/c17-12-8-11(4-5-13(12)19)20-15(21)14(23-16(20)22)7-9-2-1-3-10(18)6-9/h1-8H/b14-7+. The van der Waals surface area contributed by atoms with Crippen LogP contribution in [0.2, 0.25) is 5.02 Å². The van der Waals surface area contributed by atoms with Crippen molar-refractivity contribution >= 4 is 57.6 Å². The number of hydrogen-bond donors (Lipinski definition) is 0. The number of amides is 1. The van der Waals surface area contributed by atoms with Crippen LogP contribution in [0, 0.1) is 11.6 Å². The van der Waals surface area contributed by atoms with Crippen molar-refractivity contribution in [3.63, 3.8) is 0 Å². The van der Waals surface area contributed by atoms with Gasteiger partial charge in [-0.05, 0) is 42.0 Å². The number of halogens is 3. The van der Waals surface area contributed by atoms with Crippen LogP contribution in [0.15, 0.2) is 47.4 Å². The number of carbonyl (C=O) groups excluding carboxylic acids is 1. The van der Waals surface area contributed by atoms with Crippen molar-refractivity contribution in [1.82, 2.24) is 0 Å². The van der Waals surface area contributed by atoms with Crippen molar-refractivity contribution in [2.24, 2.45) is 0 Å². The molecule has 0 spiro atoms. The van der Waals surface area contributed by atoms with Crippen LogP contribution < -0.4 is 4.90 Å². The summed E-state index contributed by atoms with van der Waals surface area (Å²) in [6, 6.07) is 9.83. The summed E-state index contributed by atoms with van der Waals surface area (Å²) in [5.74, 6) is -1.32. The molecular weight excluding hydrogens is 360 g/mol. The van der Waals surface area contributed by atoms with E-state index >= 15 is 0 Å². The molecule has 1 aliphatic heterocycles. The largest absolute Gasteiger partial charge is 0.270 e. The van der Waals surface area contributed by atoms with E-state index in [9.17, 15) is 13.6 Å². The lowest BCUT2D eigenvalue weighted by atomic mass is 10.2. The van der Waals surface area contributed by atoms with E-state index in [1.54, 1.807) is 18.2 Å². The normalized spacial score (nSPS) is 16.5. The van der Waals surface area contributed by atoms with Crippen LogP contribution in [0.3, 0.4) is 0 Å². The maximum Gasteiger partial charge on any atom is 0.270 e. The molecule has 1 fully saturated rings. The summed E-state index contributed by atoms with van der Waals surface area (Å²) in [6.07, 6.45) is 1.56. The SMILES string of the molecule is O=C1/C(=C\c2cccc(F)c2)SC(=S)N1c1ccc(F)c(Cl)c1. The third-order valence-corrected chi connectivity index (χ3v) is 4.69. The van der Waals surface area contributed by atoms with Crippen LogP contribution in [0.5, 0.6) is 0 Å². The molecule has 2 aromatic carbocycles. The van der Waals surface area contributed by atoms with E-state index in [1.165, 1.54) is 35.2 Å². The number of rotatable bonds is 2. The van der Waals surface area contributed by atoms with Gasteiger partial charge < -0.3 is 0 Å². The number of thioether (sulfide) groups is 1. The highest BCUT2D eigenvalue weighted by Gasteiger charge is 2.33. The summed E-state index contributed by atoms with van der Waals surface area (Å²) in [5.41, 5.74) is 0.948. The number of thiocarbonyl (C=S) groups is 1. The first-order valence-electron chi connectivity index (χ1n) is 6.44. The molecule has 1 amide bonds. The number of anilines is 1. The molecule has 0 unspecified atom stereocenters. The van der Waals surface area contributed by atoms with Gasteiger partial charge in [0, 0.05) is 0 Å². The van der Waals surface area contributed by atoms with Crippen LogP contribution >= 0.6 is 35.6 Å². The second-order valence-corrected chi connectivity index (χ2v) is 6.75. The summed E-state index contributed by atoms with van der Waals surface area (Å²) >= 11 is 12.1. The van der Waals surface area contributed by atoms with Gasteiger partial charge in [0.1, 0.15) is 11.6 Å². The number of hydrogen-bond acceptors (Lipinski definition) is 3. The van der Waals surface area contributed by atoms with E-state index in [4.69, 9.17) is 23.8 Å². The molecule has 23 heavy (non-hydrogen) atoms. The van der Waals surface area contributed by atoms with Gasteiger partial charge in [-0.1, -0.05) is 47.7 Å². The van der Waals surface area contributed by atoms with E-state index in [2.05, 4.69) is 0 Å². The molecule has 0 bridgehead atoms. The molecule has 0 saturated carbocycles. The molecule has 3 rings (SSSR count). The zero-order chi connectivity index (χ0) is 16.6. The Hall–Kier alpha value is -1.76. The van der Waals surface area contributed by atoms with Crippen LogP contribution in [0.4, 0.5) is 14.5 Å². The van der Waals surface area contributed by atoms with Crippen LogP contribution in [0.25, 0.3) is 6.08 Å². The minimum absolute atomic E-state index is 0.0920. The van der Waals surface area contributed by atoms with Crippen molar-refractivity contribution in [1.29, 1.82) is 0 Å². The Kier molecular flexibility index (Phi) is 4.48. The van der Waals surface area contributed by atoms with Crippen LogP contribution in [-0.2, 0) is 4.79 Å². The Balaban J connectivity index is 1.95. The Morgan fingerprint density at radius 1 is 1.17 bits per heavy atom. The highest BCUT2D eigenvalue weighted by Crippen LogP contribution is 2.37. The summed E-state index contributed by atoms with van der Waals surface area (Å²) in [4.78, 5) is 14.2. The topological polar surface area (TPSA) is 20.3 Å². The summed E-state index contributed by atoms with van der Waals surface area (Å²) in [5, 5.41) is -0.0920. The summed E-state index contributed by atoms with van der Waals surface area (Å²) in [7, 11) is 0. The highest BCUT2D eigenvalue weighted by molar-refractivity contribution is 8.27. The molecule has 1 saturated heterocycles. The van der Waals surface area contributed by atoms with Gasteiger partial charge in [-0.15, -0.1) is 0 Å². The minimum atomic E-state index is -0.573. The lowest BCUT2D eigenvalue weighted by Crippen LogP contribution is -2.27. The van der Waals surface area contributed by atoms with Gasteiger partial charge in [0.25, 0.3) is 5.91 Å². The third-order valence-electron chi connectivity index (χ3n) is 3.10. The van der Waals surface area contributed by atoms with E-state index in [0.717, 1.165) is 11.8 Å². The van der Waals surface area contributed by atoms with Crippen LogP contribution in [-0.4, -0.2) is 10.2 Å². The Bertz CT molecular complexity index is 854. The molecule has 1 aliphatic rings. The number of benzene rings is 2. The van der Waals surface area contributed by atoms with Gasteiger partial charge in [0.05, 0.1) is 15.6 Å².